The van der Waals surface area contributed by atoms with Gasteiger partial charge in [0.2, 0.25) is 0 Å². The molecule has 4 aromatic rings. The highest BCUT2D eigenvalue weighted by Crippen LogP contribution is 2.28. The lowest BCUT2D eigenvalue weighted by Crippen LogP contribution is -2.35. The van der Waals surface area contributed by atoms with Crippen molar-refractivity contribution >= 4 is 39.9 Å². The first-order valence-corrected chi connectivity index (χ1v) is 11.7. The van der Waals surface area contributed by atoms with E-state index in [0.717, 1.165) is 5.69 Å². The zero-order valence-corrected chi connectivity index (χ0v) is 19.9. The second-order valence-corrected chi connectivity index (χ2v) is 8.86. The molecule has 6 nitrogen and oxygen atoms in total. The third-order valence-corrected chi connectivity index (χ3v) is 6.20. The Labute approximate surface area is 214 Å². The first kappa shape index (κ1) is 24.9. The minimum atomic E-state index is -1.65. The fraction of sp³-hybridized carbons (Fsp3) is 0.148. The zero-order valence-electron chi connectivity index (χ0n) is 19.2. The van der Waals surface area contributed by atoms with Gasteiger partial charge in [-0.05, 0) is 42.5 Å². The van der Waals surface area contributed by atoms with Gasteiger partial charge >= 0.3 is 0 Å². The van der Waals surface area contributed by atoms with Gasteiger partial charge in [0.1, 0.15) is 0 Å². The van der Waals surface area contributed by atoms with E-state index in [0.29, 0.717) is 36.7 Å². The minimum absolute atomic E-state index is 0.0703. The van der Waals surface area contributed by atoms with Crippen LogP contribution in [-0.4, -0.2) is 36.4 Å². The number of carbonyl (C=O) groups excluding carboxylic acids is 2. The van der Waals surface area contributed by atoms with E-state index in [1.165, 1.54) is 36.4 Å². The number of hydrogen-bond donors (Lipinski definition) is 2. The van der Waals surface area contributed by atoms with E-state index < -0.39 is 40.4 Å². The summed E-state index contributed by atoms with van der Waals surface area (Å²) in [6, 6.07) is 14.0. The van der Waals surface area contributed by atoms with Crippen molar-refractivity contribution < 1.29 is 27.5 Å². The van der Waals surface area contributed by atoms with Crippen LogP contribution in [0.4, 0.5) is 18.9 Å². The summed E-state index contributed by atoms with van der Waals surface area (Å²) >= 11 is 5.87. The summed E-state index contributed by atoms with van der Waals surface area (Å²) in [7, 11) is 0. The Morgan fingerprint density at radius 1 is 1.00 bits per heavy atom. The van der Waals surface area contributed by atoms with Gasteiger partial charge in [-0.15, -0.1) is 0 Å². The van der Waals surface area contributed by atoms with Crippen molar-refractivity contribution in [1.82, 2.24) is 10.3 Å². The number of hydrogen-bond acceptors (Lipinski definition) is 5. The fourth-order valence-electron chi connectivity index (χ4n) is 4.09. The molecule has 2 N–H and O–H groups in total. The molecular formula is C27H19ClF3N3O3. The van der Waals surface area contributed by atoms with Crippen LogP contribution in [0, 0.1) is 17.5 Å². The highest BCUT2D eigenvalue weighted by Gasteiger charge is 2.27. The van der Waals surface area contributed by atoms with Gasteiger partial charge in [0, 0.05) is 34.1 Å². The molecule has 0 saturated carbocycles. The van der Waals surface area contributed by atoms with Crippen molar-refractivity contribution in [2.45, 2.75) is 6.04 Å². The zero-order chi connectivity index (χ0) is 26.1. The summed E-state index contributed by atoms with van der Waals surface area (Å²) in [6.45, 7) is 1.79. The molecule has 1 amide bonds. The predicted molar refractivity (Wildman–Crippen MR) is 132 cm³/mol. The lowest BCUT2D eigenvalue weighted by Gasteiger charge is -2.23. The van der Waals surface area contributed by atoms with E-state index in [2.05, 4.69) is 15.6 Å². The number of benzene rings is 3. The molecule has 0 radical (unpaired) electrons. The maximum Gasteiger partial charge on any atom is 0.255 e. The normalized spacial score (nSPS) is 15.5. The molecule has 1 aromatic heterocycles. The van der Waals surface area contributed by atoms with Crippen molar-refractivity contribution in [2.24, 2.45) is 0 Å². The van der Waals surface area contributed by atoms with Crippen LogP contribution in [0.15, 0.2) is 60.7 Å². The second-order valence-electron chi connectivity index (χ2n) is 8.43. The summed E-state index contributed by atoms with van der Waals surface area (Å²) in [6.07, 6.45) is 0. The number of nitrogens with one attached hydrogen (secondary N) is 2. The molecular weight excluding hydrogens is 507 g/mol. The highest BCUT2D eigenvalue weighted by molar-refractivity contribution is 6.31. The van der Waals surface area contributed by atoms with Gasteiger partial charge in [-0.3, -0.25) is 14.6 Å². The number of anilines is 1. The van der Waals surface area contributed by atoms with Crippen molar-refractivity contribution in [1.29, 1.82) is 0 Å². The summed E-state index contributed by atoms with van der Waals surface area (Å²) < 4.78 is 49.8. The van der Waals surface area contributed by atoms with Crippen LogP contribution in [0.3, 0.4) is 0 Å². The Kier molecular flexibility index (Phi) is 6.92. The number of ether oxygens (including phenoxy) is 1. The van der Waals surface area contributed by atoms with E-state index in [-0.39, 0.29) is 22.2 Å². The van der Waals surface area contributed by atoms with E-state index >= 15 is 4.39 Å². The Morgan fingerprint density at radius 3 is 2.59 bits per heavy atom. The lowest BCUT2D eigenvalue weighted by atomic mass is 9.99. The minimum Gasteiger partial charge on any atom is -0.378 e. The predicted octanol–water partition coefficient (Wildman–Crippen LogP) is 5.45. The molecule has 0 bridgehead atoms. The molecule has 1 atom stereocenters. The average Bonchev–Trinajstić information content (AvgIpc) is 2.91. The molecule has 5 rings (SSSR count). The number of aromatic nitrogens is 1. The van der Waals surface area contributed by atoms with E-state index in [1.54, 1.807) is 18.2 Å². The van der Waals surface area contributed by atoms with E-state index in [4.69, 9.17) is 16.3 Å². The molecule has 3 aromatic carbocycles. The molecule has 1 aliphatic rings. The van der Waals surface area contributed by atoms with Gasteiger partial charge in [0.05, 0.1) is 41.7 Å². The Morgan fingerprint density at radius 2 is 1.84 bits per heavy atom. The molecule has 1 unspecified atom stereocenters. The third kappa shape index (κ3) is 5.06. The molecule has 1 fully saturated rings. The van der Waals surface area contributed by atoms with Crippen LogP contribution in [0.2, 0.25) is 5.02 Å². The fourth-order valence-corrected chi connectivity index (χ4v) is 4.29. The number of carbonyl (C=O) groups is 2. The number of halogens is 4. The largest absolute Gasteiger partial charge is 0.378 e. The Hall–Kier alpha value is -3.79. The van der Waals surface area contributed by atoms with E-state index in [1.807, 2.05) is 0 Å². The summed E-state index contributed by atoms with van der Waals surface area (Å²) in [5, 5.41) is 6.30. The van der Waals surface area contributed by atoms with Crippen molar-refractivity contribution in [2.75, 3.05) is 25.1 Å². The first-order valence-electron chi connectivity index (χ1n) is 11.3. The first-order chi connectivity index (χ1) is 17.8. The van der Waals surface area contributed by atoms with Crippen molar-refractivity contribution in [3.05, 3.63) is 106 Å². The number of fused-ring (bicyclic) bond motifs is 1. The standard InChI is InChI=1S/C27H19ClF3N3O3/c28-17-3-1-2-16(11-17)27(36)34-21-12-18(29)24(30)23(25(21)31)26(35)15-5-6-19-14(10-15)4-7-20(33-19)22-13-37-9-8-32-22/h1-7,10-12,22,32H,8-9,13H2,(H,34,36). The Balaban J connectivity index is 1.46. The SMILES string of the molecule is O=C(Nc1cc(F)c(F)c(C(=O)c2ccc3nc(C4COCCN4)ccc3c2)c1F)c1cccc(Cl)c1. The molecule has 10 heteroatoms. The molecule has 1 aliphatic heterocycles. The Bertz CT molecular complexity index is 1540. The smallest absolute Gasteiger partial charge is 0.255 e. The third-order valence-electron chi connectivity index (χ3n) is 5.97. The average molecular weight is 526 g/mol. The van der Waals surface area contributed by atoms with Crippen LogP contribution in [0.5, 0.6) is 0 Å². The van der Waals surface area contributed by atoms with Gasteiger partial charge in [-0.1, -0.05) is 23.7 Å². The number of amides is 1. The van der Waals surface area contributed by atoms with Gasteiger partial charge in [-0.2, -0.15) is 0 Å². The monoisotopic (exact) mass is 525 g/mol. The molecule has 2 heterocycles. The summed E-state index contributed by atoms with van der Waals surface area (Å²) in [5.74, 6) is -6.42. The second kappa shape index (κ2) is 10.3. The summed E-state index contributed by atoms with van der Waals surface area (Å²) in [5.41, 5.74) is -0.474. The quantitative estimate of drug-likeness (QED) is 0.267. The van der Waals surface area contributed by atoms with E-state index in [9.17, 15) is 18.4 Å². The molecule has 37 heavy (non-hydrogen) atoms. The number of pyridine rings is 1. The molecule has 0 aliphatic carbocycles. The van der Waals surface area contributed by atoms with Crippen LogP contribution < -0.4 is 10.6 Å². The van der Waals surface area contributed by atoms with Crippen LogP contribution in [0.25, 0.3) is 10.9 Å². The van der Waals surface area contributed by atoms with Crippen LogP contribution >= 0.6 is 11.6 Å². The number of nitrogens with zero attached hydrogens (tertiary/aromatic N) is 1. The molecule has 188 valence electrons. The van der Waals surface area contributed by atoms with Gasteiger partial charge in [-0.25, -0.2) is 13.2 Å². The number of morpholine rings is 1. The summed E-state index contributed by atoms with van der Waals surface area (Å²) in [4.78, 5) is 30.2. The maximum atomic E-state index is 15.3. The van der Waals surface area contributed by atoms with Crippen molar-refractivity contribution in [3.63, 3.8) is 0 Å². The van der Waals surface area contributed by atoms with Gasteiger partial charge in [0.15, 0.2) is 23.2 Å². The van der Waals surface area contributed by atoms with Crippen LogP contribution in [0.1, 0.15) is 38.0 Å². The topological polar surface area (TPSA) is 80.3 Å². The number of ketones is 1. The molecule has 0 spiro atoms. The number of rotatable bonds is 5. The van der Waals surface area contributed by atoms with Gasteiger partial charge in [0.25, 0.3) is 5.91 Å². The van der Waals surface area contributed by atoms with Crippen molar-refractivity contribution in [3.8, 4) is 0 Å². The van der Waals surface area contributed by atoms with Gasteiger partial charge < -0.3 is 15.4 Å². The molecule has 1 saturated heterocycles. The maximum absolute atomic E-state index is 15.3. The van der Waals surface area contributed by atoms with Crippen LogP contribution in [-0.2, 0) is 4.74 Å². The lowest BCUT2D eigenvalue weighted by molar-refractivity contribution is 0.0757. The highest BCUT2D eigenvalue weighted by atomic mass is 35.5.